The number of hydrogen-bond donors (Lipinski definition) is 3. The summed E-state index contributed by atoms with van der Waals surface area (Å²) in [4.78, 5) is 29.2. The number of para-hydroxylation sites is 1. The molecule has 0 saturated heterocycles. The lowest BCUT2D eigenvalue weighted by atomic mass is 10.0. The molecule has 126 valence electrons. The SMILES string of the molecule is O=C(CCNC(=O)N1CCc2c([nH]c3ccccc23)C1)NC1CC1. The largest absolute Gasteiger partial charge is 0.357 e. The van der Waals surface area contributed by atoms with E-state index in [1.54, 1.807) is 4.90 Å². The van der Waals surface area contributed by atoms with Crippen molar-refractivity contribution >= 4 is 22.8 Å². The molecule has 1 aromatic carbocycles. The van der Waals surface area contributed by atoms with Crippen LogP contribution in [0.3, 0.4) is 0 Å². The molecule has 0 atom stereocenters. The summed E-state index contributed by atoms with van der Waals surface area (Å²) in [5.74, 6) is 0.0225. The van der Waals surface area contributed by atoms with E-state index in [0.717, 1.165) is 30.5 Å². The molecule has 0 unspecified atom stereocenters. The molecule has 2 aromatic rings. The molecular weight excluding hydrogens is 304 g/mol. The summed E-state index contributed by atoms with van der Waals surface area (Å²) in [7, 11) is 0. The van der Waals surface area contributed by atoms with Crippen molar-refractivity contribution in [1.82, 2.24) is 20.5 Å². The molecule has 0 radical (unpaired) electrons. The van der Waals surface area contributed by atoms with E-state index in [1.165, 1.54) is 10.9 Å². The number of nitrogens with zero attached hydrogens (tertiary/aromatic N) is 1. The van der Waals surface area contributed by atoms with Crippen LogP contribution in [0.4, 0.5) is 4.79 Å². The highest BCUT2D eigenvalue weighted by molar-refractivity contribution is 5.85. The number of carbonyl (C=O) groups is 2. The average molecular weight is 326 g/mol. The second kappa shape index (κ2) is 6.19. The smallest absolute Gasteiger partial charge is 0.317 e. The first-order valence-corrected chi connectivity index (χ1v) is 8.61. The third-order valence-electron chi connectivity index (χ3n) is 4.74. The molecule has 1 fully saturated rings. The number of aromatic amines is 1. The van der Waals surface area contributed by atoms with Gasteiger partial charge in [0.2, 0.25) is 5.91 Å². The van der Waals surface area contributed by atoms with Crippen molar-refractivity contribution in [2.45, 2.75) is 38.3 Å². The van der Waals surface area contributed by atoms with E-state index in [1.807, 2.05) is 12.1 Å². The molecule has 6 nitrogen and oxygen atoms in total. The van der Waals surface area contributed by atoms with Crippen LogP contribution in [0.25, 0.3) is 10.9 Å². The van der Waals surface area contributed by atoms with Crippen molar-refractivity contribution in [3.05, 3.63) is 35.5 Å². The van der Waals surface area contributed by atoms with Crippen molar-refractivity contribution in [3.63, 3.8) is 0 Å². The summed E-state index contributed by atoms with van der Waals surface area (Å²) in [6.45, 7) is 1.67. The summed E-state index contributed by atoms with van der Waals surface area (Å²) < 4.78 is 0. The molecule has 4 rings (SSSR count). The van der Waals surface area contributed by atoms with Gasteiger partial charge in [-0.15, -0.1) is 0 Å². The maximum absolute atomic E-state index is 12.3. The maximum Gasteiger partial charge on any atom is 0.317 e. The lowest BCUT2D eigenvalue weighted by molar-refractivity contribution is -0.121. The first-order chi connectivity index (χ1) is 11.7. The topological polar surface area (TPSA) is 77.2 Å². The normalized spacial score (nSPS) is 16.8. The Morgan fingerprint density at radius 1 is 1.25 bits per heavy atom. The van der Waals surface area contributed by atoms with Gasteiger partial charge in [0.15, 0.2) is 0 Å². The molecule has 1 aliphatic carbocycles. The van der Waals surface area contributed by atoms with E-state index in [2.05, 4.69) is 27.8 Å². The zero-order valence-corrected chi connectivity index (χ0v) is 13.6. The van der Waals surface area contributed by atoms with Crippen LogP contribution in [0.5, 0.6) is 0 Å². The highest BCUT2D eigenvalue weighted by atomic mass is 16.2. The summed E-state index contributed by atoms with van der Waals surface area (Å²) in [6.07, 6.45) is 3.36. The minimum atomic E-state index is -0.0986. The molecule has 0 spiro atoms. The highest BCUT2D eigenvalue weighted by Crippen LogP contribution is 2.27. The molecule has 1 saturated carbocycles. The molecule has 1 aromatic heterocycles. The predicted octanol–water partition coefficient (Wildman–Crippen LogP) is 1.90. The number of carbonyl (C=O) groups excluding carboxylic acids is 2. The number of hydrogen-bond acceptors (Lipinski definition) is 2. The Hall–Kier alpha value is -2.50. The van der Waals surface area contributed by atoms with Crippen LogP contribution < -0.4 is 10.6 Å². The molecule has 2 heterocycles. The Balaban J connectivity index is 1.32. The summed E-state index contributed by atoms with van der Waals surface area (Å²) in [5.41, 5.74) is 3.56. The third-order valence-corrected chi connectivity index (χ3v) is 4.74. The van der Waals surface area contributed by atoms with Crippen LogP contribution in [0.2, 0.25) is 0 Å². The molecular formula is C18H22N4O2. The molecule has 1 aliphatic heterocycles. The Morgan fingerprint density at radius 3 is 2.92 bits per heavy atom. The van der Waals surface area contributed by atoms with Gasteiger partial charge in [0.05, 0.1) is 6.54 Å². The lowest BCUT2D eigenvalue weighted by Gasteiger charge is -2.27. The number of rotatable bonds is 4. The molecule has 3 amide bonds. The zero-order chi connectivity index (χ0) is 16.5. The fourth-order valence-electron chi connectivity index (χ4n) is 3.29. The van der Waals surface area contributed by atoms with Crippen molar-refractivity contribution < 1.29 is 9.59 Å². The fourth-order valence-corrected chi connectivity index (χ4v) is 3.29. The molecule has 24 heavy (non-hydrogen) atoms. The average Bonchev–Trinajstić information content (AvgIpc) is 3.32. The summed E-state index contributed by atoms with van der Waals surface area (Å²) in [6, 6.07) is 8.52. The first-order valence-electron chi connectivity index (χ1n) is 8.61. The van der Waals surface area contributed by atoms with E-state index < -0.39 is 0 Å². The van der Waals surface area contributed by atoms with E-state index in [4.69, 9.17) is 0 Å². The first kappa shape index (κ1) is 15.1. The number of amides is 3. The number of H-pyrrole nitrogens is 1. The van der Waals surface area contributed by atoms with Crippen molar-refractivity contribution in [1.29, 1.82) is 0 Å². The second-order valence-corrected chi connectivity index (χ2v) is 6.62. The molecule has 0 bridgehead atoms. The lowest BCUT2D eigenvalue weighted by Crippen LogP contribution is -2.43. The van der Waals surface area contributed by atoms with Gasteiger partial charge in [-0.2, -0.15) is 0 Å². The van der Waals surface area contributed by atoms with Gasteiger partial charge in [-0.25, -0.2) is 4.79 Å². The second-order valence-electron chi connectivity index (χ2n) is 6.62. The van der Waals surface area contributed by atoms with Crippen LogP contribution in [-0.2, 0) is 17.8 Å². The van der Waals surface area contributed by atoms with Gasteiger partial charge in [-0.1, -0.05) is 18.2 Å². The predicted molar refractivity (Wildman–Crippen MR) is 91.6 cm³/mol. The van der Waals surface area contributed by atoms with Crippen LogP contribution in [0.1, 0.15) is 30.5 Å². The Labute approximate surface area is 140 Å². The molecule has 3 N–H and O–H groups in total. The number of nitrogens with one attached hydrogen (secondary N) is 3. The third kappa shape index (κ3) is 3.09. The Bertz CT molecular complexity index is 778. The van der Waals surface area contributed by atoms with Gasteiger partial charge in [0.1, 0.15) is 0 Å². The van der Waals surface area contributed by atoms with E-state index in [9.17, 15) is 9.59 Å². The van der Waals surface area contributed by atoms with Gasteiger partial charge >= 0.3 is 6.03 Å². The van der Waals surface area contributed by atoms with Crippen molar-refractivity contribution in [2.24, 2.45) is 0 Å². The number of urea groups is 1. The monoisotopic (exact) mass is 326 g/mol. The number of benzene rings is 1. The van der Waals surface area contributed by atoms with Crippen molar-refractivity contribution in [2.75, 3.05) is 13.1 Å². The Morgan fingerprint density at radius 2 is 2.08 bits per heavy atom. The number of aromatic nitrogens is 1. The van der Waals surface area contributed by atoms with Crippen LogP contribution in [0, 0.1) is 0 Å². The highest BCUT2D eigenvalue weighted by Gasteiger charge is 2.25. The van der Waals surface area contributed by atoms with Gasteiger partial charge < -0.3 is 20.5 Å². The molecule has 6 heteroatoms. The fraction of sp³-hybridized carbons (Fsp3) is 0.444. The van der Waals surface area contributed by atoms with Gasteiger partial charge in [-0.05, 0) is 30.9 Å². The quantitative estimate of drug-likeness (QED) is 0.802. The van der Waals surface area contributed by atoms with E-state index in [-0.39, 0.29) is 11.9 Å². The minimum Gasteiger partial charge on any atom is -0.357 e. The summed E-state index contributed by atoms with van der Waals surface area (Å²) in [5, 5.41) is 7.03. The van der Waals surface area contributed by atoms with Gasteiger partial charge in [0.25, 0.3) is 0 Å². The summed E-state index contributed by atoms with van der Waals surface area (Å²) >= 11 is 0. The number of fused-ring (bicyclic) bond motifs is 3. The maximum atomic E-state index is 12.3. The van der Waals surface area contributed by atoms with Gasteiger partial charge in [0, 0.05) is 42.1 Å². The molecule has 2 aliphatic rings. The van der Waals surface area contributed by atoms with Crippen LogP contribution >= 0.6 is 0 Å². The van der Waals surface area contributed by atoms with E-state index >= 15 is 0 Å². The van der Waals surface area contributed by atoms with Gasteiger partial charge in [-0.3, -0.25) is 4.79 Å². The van der Waals surface area contributed by atoms with Crippen LogP contribution in [-0.4, -0.2) is 41.0 Å². The zero-order valence-electron chi connectivity index (χ0n) is 13.6. The van der Waals surface area contributed by atoms with Crippen LogP contribution in [0.15, 0.2) is 24.3 Å². The van der Waals surface area contributed by atoms with Crippen molar-refractivity contribution in [3.8, 4) is 0 Å². The van der Waals surface area contributed by atoms with E-state index in [0.29, 0.717) is 32.1 Å². The standard InChI is InChI=1S/C18H22N4O2/c23-17(20-12-5-6-12)7-9-19-18(24)22-10-8-14-13-3-1-2-4-15(13)21-16(14)11-22/h1-4,12,21H,5-11H2,(H,19,24)(H,20,23). The Kier molecular flexibility index (Phi) is 3.88. The minimum absolute atomic E-state index is 0.0225.